The van der Waals surface area contributed by atoms with Crippen molar-refractivity contribution in [3.8, 4) is 0 Å². The first-order valence-electron chi connectivity index (χ1n) is 6.30. The summed E-state index contributed by atoms with van der Waals surface area (Å²) in [6.07, 6.45) is 0. The van der Waals surface area contributed by atoms with Crippen LogP contribution in [0.15, 0.2) is 22.7 Å². The molecule has 0 saturated heterocycles. The van der Waals surface area contributed by atoms with Gasteiger partial charge in [-0.05, 0) is 28.1 Å². The van der Waals surface area contributed by atoms with Gasteiger partial charge in [0.25, 0.3) is 5.91 Å². The molecular formula is C14H18BrClN2O3. The van der Waals surface area contributed by atoms with Crippen LogP contribution in [0.25, 0.3) is 0 Å². The molecule has 0 saturated carbocycles. The molecule has 0 unspecified atom stereocenters. The van der Waals surface area contributed by atoms with Crippen LogP contribution in [0, 0.1) is 0 Å². The number of nitrogens with zero attached hydrogens (tertiary/aromatic N) is 2. The molecule has 0 aromatic heterocycles. The van der Waals surface area contributed by atoms with Gasteiger partial charge in [-0.3, -0.25) is 9.59 Å². The molecule has 116 valence electrons. The van der Waals surface area contributed by atoms with Crippen LogP contribution in [-0.2, 0) is 9.53 Å². The number of methoxy groups -OCH3 is 1. The third kappa shape index (κ3) is 4.98. The minimum atomic E-state index is -0.298. The van der Waals surface area contributed by atoms with Gasteiger partial charge in [-0.1, -0.05) is 17.7 Å². The van der Waals surface area contributed by atoms with Crippen LogP contribution in [0.5, 0.6) is 0 Å². The number of halogens is 2. The molecule has 0 radical (unpaired) electrons. The van der Waals surface area contributed by atoms with E-state index in [9.17, 15) is 9.59 Å². The Kier molecular flexibility index (Phi) is 7.14. The van der Waals surface area contributed by atoms with E-state index in [2.05, 4.69) is 15.9 Å². The van der Waals surface area contributed by atoms with Gasteiger partial charge >= 0.3 is 0 Å². The van der Waals surface area contributed by atoms with Crippen LogP contribution in [0.2, 0.25) is 5.02 Å². The third-order valence-corrected chi connectivity index (χ3v) is 4.16. The molecule has 0 atom stereocenters. The number of carbonyl (C=O) groups is 2. The van der Waals surface area contributed by atoms with Gasteiger partial charge in [0.1, 0.15) is 6.54 Å². The Morgan fingerprint density at radius 1 is 1.33 bits per heavy atom. The molecule has 1 aromatic rings. The number of amides is 2. The molecule has 1 aromatic carbocycles. The third-order valence-electron chi connectivity index (χ3n) is 2.86. The van der Waals surface area contributed by atoms with Crippen molar-refractivity contribution in [2.24, 2.45) is 0 Å². The number of carbonyl (C=O) groups excluding carboxylic acids is 2. The van der Waals surface area contributed by atoms with E-state index in [1.807, 2.05) is 0 Å². The monoisotopic (exact) mass is 376 g/mol. The zero-order valence-electron chi connectivity index (χ0n) is 12.2. The van der Waals surface area contributed by atoms with Gasteiger partial charge in [0.15, 0.2) is 0 Å². The van der Waals surface area contributed by atoms with Crippen LogP contribution in [0.4, 0.5) is 0 Å². The molecule has 0 aliphatic heterocycles. The Morgan fingerprint density at radius 2 is 2.00 bits per heavy atom. The Labute approximate surface area is 137 Å². The van der Waals surface area contributed by atoms with E-state index < -0.39 is 0 Å². The van der Waals surface area contributed by atoms with Gasteiger partial charge in [0.2, 0.25) is 5.91 Å². The topological polar surface area (TPSA) is 49.9 Å². The maximum Gasteiger partial charge on any atom is 0.255 e. The van der Waals surface area contributed by atoms with Crippen molar-refractivity contribution in [2.75, 3.05) is 40.9 Å². The summed E-state index contributed by atoms with van der Waals surface area (Å²) in [6.45, 7) is 0.647. The van der Waals surface area contributed by atoms with Gasteiger partial charge in [-0.25, -0.2) is 0 Å². The van der Waals surface area contributed by atoms with Crippen molar-refractivity contribution in [3.05, 3.63) is 33.3 Å². The SMILES string of the molecule is COCCN(CC(=O)N(C)C)C(=O)c1cccc(Br)c1Cl. The summed E-state index contributed by atoms with van der Waals surface area (Å²) in [5, 5.41) is 0.335. The molecule has 0 aliphatic rings. The van der Waals surface area contributed by atoms with E-state index in [-0.39, 0.29) is 18.4 Å². The molecule has 21 heavy (non-hydrogen) atoms. The maximum atomic E-state index is 12.6. The lowest BCUT2D eigenvalue weighted by molar-refractivity contribution is -0.129. The predicted molar refractivity (Wildman–Crippen MR) is 85.6 cm³/mol. The van der Waals surface area contributed by atoms with Gasteiger partial charge in [-0.2, -0.15) is 0 Å². The van der Waals surface area contributed by atoms with E-state index in [0.717, 1.165) is 0 Å². The number of ether oxygens (including phenoxy) is 1. The molecule has 0 heterocycles. The molecule has 0 N–H and O–H groups in total. The zero-order valence-corrected chi connectivity index (χ0v) is 14.6. The second kappa shape index (κ2) is 8.36. The molecule has 5 nitrogen and oxygen atoms in total. The highest BCUT2D eigenvalue weighted by Gasteiger charge is 2.22. The molecule has 1 rings (SSSR count). The van der Waals surface area contributed by atoms with Crippen LogP contribution in [0.3, 0.4) is 0 Å². The fourth-order valence-corrected chi connectivity index (χ4v) is 2.17. The zero-order chi connectivity index (χ0) is 16.0. The van der Waals surface area contributed by atoms with Crippen LogP contribution in [0.1, 0.15) is 10.4 Å². The van der Waals surface area contributed by atoms with Crippen LogP contribution in [-0.4, -0.2) is 62.5 Å². The summed E-state index contributed by atoms with van der Waals surface area (Å²) in [5.74, 6) is -0.459. The highest BCUT2D eigenvalue weighted by molar-refractivity contribution is 9.10. The second-order valence-electron chi connectivity index (χ2n) is 4.61. The molecule has 7 heteroatoms. The summed E-state index contributed by atoms with van der Waals surface area (Å²) < 4.78 is 5.63. The first-order valence-corrected chi connectivity index (χ1v) is 7.48. The molecule has 2 amide bonds. The molecule has 0 bridgehead atoms. The normalized spacial score (nSPS) is 10.3. The number of hydrogen-bond acceptors (Lipinski definition) is 3. The average Bonchev–Trinajstić information content (AvgIpc) is 2.45. The molecule has 0 spiro atoms. The molecule has 0 aliphatic carbocycles. The van der Waals surface area contributed by atoms with Crippen molar-refractivity contribution < 1.29 is 14.3 Å². The molecule has 0 fully saturated rings. The van der Waals surface area contributed by atoms with E-state index >= 15 is 0 Å². The summed E-state index contributed by atoms with van der Waals surface area (Å²) in [7, 11) is 4.84. The first kappa shape index (κ1) is 17.9. The van der Waals surface area contributed by atoms with Crippen molar-refractivity contribution in [1.82, 2.24) is 9.80 Å². The van der Waals surface area contributed by atoms with Crippen molar-refractivity contribution in [1.29, 1.82) is 0 Å². The lowest BCUT2D eigenvalue weighted by Gasteiger charge is -2.24. The van der Waals surface area contributed by atoms with E-state index in [4.69, 9.17) is 16.3 Å². The van der Waals surface area contributed by atoms with Gasteiger partial charge in [0.05, 0.1) is 17.2 Å². The van der Waals surface area contributed by atoms with Crippen molar-refractivity contribution in [2.45, 2.75) is 0 Å². The maximum absolute atomic E-state index is 12.6. The van der Waals surface area contributed by atoms with Gasteiger partial charge in [-0.15, -0.1) is 0 Å². The van der Waals surface area contributed by atoms with Crippen LogP contribution < -0.4 is 0 Å². The summed E-state index contributed by atoms with van der Waals surface area (Å²) >= 11 is 9.43. The average molecular weight is 378 g/mol. The lowest BCUT2D eigenvalue weighted by atomic mass is 10.2. The molecular weight excluding hydrogens is 360 g/mol. The minimum Gasteiger partial charge on any atom is -0.383 e. The van der Waals surface area contributed by atoms with E-state index in [0.29, 0.717) is 28.2 Å². The Bertz CT molecular complexity index is 523. The Hall–Kier alpha value is -1.11. The van der Waals surface area contributed by atoms with Crippen molar-refractivity contribution >= 4 is 39.3 Å². The smallest absolute Gasteiger partial charge is 0.255 e. The standard InChI is InChI=1S/C14H18BrClN2O3/c1-17(2)12(19)9-18(7-8-21-3)14(20)10-5-4-6-11(15)13(10)16/h4-6H,7-9H2,1-3H3. The fraction of sp³-hybridized carbons (Fsp3) is 0.429. The van der Waals surface area contributed by atoms with E-state index in [1.54, 1.807) is 39.4 Å². The number of likely N-dealkylation sites (N-methyl/N-ethyl adjacent to an activating group) is 1. The fourth-order valence-electron chi connectivity index (χ4n) is 1.60. The largest absolute Gasteiger partial charge is 0.383 e. The van der Waals surface area contributed by atoms with Crippen molar-refractivity contribution in [3.63, 3.8) is 0 Å². The quantitative estimate of drug-likeness (QED) is 0.764. The number of benzene rings is 1. The number of rotatable bonds is 6. The second-order valence-corrected chi connectivity index (χ2v) is 5.84. The predicted octanol–water partition coefficient (Wildman–Crippen LogP) is 2.28. The highest BCUT2D eigenvalue weighted by atomic mass is 79.9. The lowest BCUT2D eigenvalue weighted by Crippen LogP contribution is -2.42. The summed E-state index contributed by atoms with van der Waals surface area (Å²) in [6, 6.07) is 5.12. The minimum absolute atomic E-state index is 0.0158. The number of hydrogen-bond donors (Lipinski definition) is 0. The van der Waals surface area contributed by atoms with Crippen LogP contribution >= 0.6 is 27.5 Å². The Morgan fingerprint density at radius 3 is 2.57 bits per heavy atom. The van der Waals surface area contributed by atoms with Gasteiger partial charge < -0.3 is 14.5 Å². The summed E-state index contributed by atoms with van der Waals surface area (Å²) in [4.78, 5) is 27.3. The Balaban J connectivity index is 2.98. The van der Waals surface area contributed by atoms with Gasteiger partial charge in [0, 0.05) is 32.2 Å². The summed E-state index contributed by atoms with van der Waals surface area (Å²) in [5.41, 5.74) is 0.355. The first-order chi connectivity index (χ1) is 9.88. The van der Waals surface area contributed by atoms with E-state index in [1.165, 1.54) is 9.80 Å². The highest BCUT2D eigenvalue weighted by Crippen LogP contribution is 2.26.